The third-order valence-corrected chi connectivity index (χ3v) is 7.92. The van der Waals surface area contributed by atoms with E-state index < -0.39 is 16.1 Å². The van der Waals surface area contributed by atoms with E-state index in [9.17, 15) is 13.2 Å². The predicted molar refractivity (Wildman–Crippen MR) is 130 cm³/mol. The van der Waals surface area contributed by atoms with Gasteiger partial charge in [-0.2, -0.15) is 4.31 Å². The smallest absolute Gasteiger partial charge is 0.243 e. The summed E-state index contributed by atoms with van der Waals surface area (Å²) in [7, 11) is -2.31. The first kappa shape index (κ1) is 22.1. The van der Waals surface area contributed by atoms with Gasteiger partial charge in [0.1, 0.15) is 17.6 Å². The molecule has 0 unspecified atom stereocenters. The minimum absolute atomic E-state index is 0.135. The fraction of sp³-hybridized carbons (Fsp3) is 0.200. The molecule has 0 radical (unpaired) electrons. The highest BCUT2D eigenvalue weighted by Gasteiger charge is 2.39. The van der Waals surface area contributed by atoms with Crippen molar-refractivity contribution in [2.75, 3.05) is 19.0 Å². The molecule has 2 N–H and O–H groups in total. The molecule has 3 aromatic carbocycles. The van der Waals surface area contributed by atoms with Crippen LogP contribution in [0.4, 0.5) is 5.69 Å². The van der Waals surface area contributed by atoms with Gasteiger partial charge in [0, 0.05) is 12.1 Å². The standard InChI is InChI=1S/C25H24N4O4S/c1-33-17-12-14-18(15-13-17)34(31,32)29-16-6-11-23(29)25(30)28-20-8-3-2-7-19(20)24-26-21-9-4-5-10-22(21)27-24/h2-5,7-10,12-15,23H,6,11,16H2,1H3,(H,26,27)(H,28,30)/t23-/m1/s1. The van der Waals surface area contributed by atoms with Gasteiger partial charge in [0.05, 0.1) is 28.7 Å². The Morgan fingerprint density at radius 2 is 1.79 bits per heavy atom. The van der Waals surface area contributed by atoms with Crippen LogP contribution >= 0.6 is 0 Å². The quantitative estimate of drug-likeness (QED) is 0.437. The fourth-order valence-corrected chi connectivity index (χ4v) is 5.92. The average Bonchev–Trinajstić information content (AvgIpc) is 3.52. The normalized spacial score (nSPS) is 16.6. The second-order valence-corrected chi connectivity index (χ2v) is 9.98. The van der Waals surface area contributed by atoms with Crippen LogP contribution < -0.4 is 10.1 Å². The molecule has 8 nitrogen and oxygen atoms in total. The van der Waals surface area contributed by atoms with E-state index in [-0.39, 0.29) is 17.3 Å². The summed E-state index contributed by atoms with van der Waals surface area (Å²) in [5.41, 5.74) is 3.02. The molecule has 0 bridgehead atoms. The van der Waals surface area contributed by atoms with Gasteiger partial charge in [-0.25, -0.2) is 13.4 Å². The highest BCUT2D eigenvalue weighted by Crippen LogP contribution is 2.31. The number of amides is 1. The van der Waals surface area contributed by atoms with Crippen LogP contribution in [0.3, 0.4) is 0 Å². The molecular formula is C25H24N4O4S. The lowest BCUT2D eigenvalue weighted by Gasteiger charge is -2.24. The number of para-hydroxylation sites is 3. The van der Waals surface area contributed by atoms with Gasteiger partial charge in [-0.3, -0.25) is 4.79 Å². The van der Waals surface area contributed by atoms with E-state index >= 15 is 0 Å². The molecule has 4 aromatic rings. The van der Waals surface area contributed by atoms with E-state index in [0.717, 1.165) is 16.6 Å². The fourth-order valence-electron chi connectivity index (χ4n) is 4.27. The van der Waals surface area contributed by atoms with Crippen molar-refractivity contribution < 1.29 is 17.9 Å². The van der Waals surface area contributed by atoms with Crippen LogP contribution in [-0.2, 0) is 14.8 Å². The van der Waals surface area contributed by atoms with Crippen molar-refractivity contribution in [1.29, 1.82) is 0 Å². The highest BCUT2D eigenvalue weighted by atomic mass is 32.2. The number of sulfonamides is 1. The summed E-state index contributed by atoms with van der Waals surface area (Å²) < 4.78 is 33.0. The molecule has 9 heteroatoms. The Labute approximate surface area is 197 Å². The van der Waals surface area contributed by atoms with Crippen LogP contribution in [0.5, 0.6) is 5.75 Å². The second kappa shape index (κ2) is 8.92. The first-order chi connectivity index (χ1) is 16.5. The minimum atomic E-state index is -3.83. The summed E-state index contributed by atoms with van der Waals surface area (Å²) in [6, 6.07) is 20.4. The van der Waals surface area contributed by atoms with E-state index in [1.165, 1.54) is 23.5 Å². The van der Waals surface area contributed by atoms with Crippen molar-refractivity contribution in [2.24, 2.45) is 0 Å². The molecular weight excluding hydrogens is 452 g/mol. The predicted octanol–water partition coefficient (Wildman–Crippen LogP) is 4.03. The number of aromatic amines is 1. The van der Waals surface area contributed by atoms with E-state index in [4.69, 9.17) is 4.74 Å². The number of fused-ring (bicyclic) bond motifs is 1. The molecule has 5 rings (SSSR count). The summed E-state index contributed by atoms with van der Waals surface area (Å²) in [6.45, 7) is 0.289. The lowest BCUT2D eigenvalue weighted by atomic mass is 10.1. The van der Waals surface area contributed by atoms with Crippen molar-refractivity contribution in [3.8, 4) is 17.1 Å². The van der Waals surface area contributed by atoms with Crippen molar-refractivity contribution in [3.63, 3.8) is 0 Å². The number of nitrogens with one attached hydrogen (secondary N) is 2. The number of hydrogen-bond acceptors (Lipinski definition) is 5. The number of methoxy groups -OCH3 is 1. The number of rotatable bonds is 6. The summed E-state index contributed by atoms with van der Waals surface area (Å²) >= 11 is 0. The number of H-pyrrole nitrogens is 1. The van der Waals surface area contributed by atoms with E-state index in [0.29, 0.717) is 30.1 Å². The van der Waals surface area contributed by atoms with Gasteiger partial charge in [0.2, 0.25) is 15.9 Å². The molecule has 1 fully saturated rings. The molecule has 1 saturated heterocycles. The molecule has 1 aliphatic rings. The van der Waals surface area contributed by atoms with Gasteiger partial charge < -0.3 is 15.0 Å². The maximum atomic E-state index is 13.3. The number of carbonyl (C=O) groups is 1. The second-order valence-electron chi connectivity index (χ2n) is 8.09. The Kier molecular flexibility index (Phi) is 5.80. The molecule has 1 aliphatic heterocycles. The third-order valence-electron chi connectivity index (χ3n) is 6.00. The molecule has 174 valence electrons. The maximum Gasteiger partial charge on any atom is 0.243 e. The van der Waals surface area contributed by atoms with Crippen molar-refractivity contribution in [1.82, 2.24) is 14.3 Å². The van der Waals surface area contributed by atoms with Gasteiger partial charge in [-0.05, 0) is 61.4 Å². The van der Waals surface area contributed by atoms with Crippen LogP contribution in [0.15, 0.2) is 77.7 Å². The SMILES string of the molecule is COc1ccc(S(=O)(=O)N2CCC[C@@H]2C(=O)Nc2ccccc2-c2nc3ccccc3[nH]2)cc1. The Balaban J connectivity index is 1.41. The zero-order valence-corrected chi connectivity index (χ0v) is 19.4. The summed E-state index contributed by atoms with van der Waals surface area (Å²) in [4.78, 5) is 21.3. The lowest BCUT2D eigenvalue weighted by molar-refractivity contribution is -0.119. The third kappa shape index (κ3) is 4.04. The molecule has 1 amide bonds. The van der Waals surface area contributed by atoms with Crippen molar-refractivity contribution >= 4 is 32.7 Å². The van der Waals surface area contributed by atoms with Crippen LogP contribution in [0.2, 0.25) is 0 Å². The van der Waals surface area contributed by atoms with Crippen molar-refractivity contribution in [3.05, 3.63) is 72.8 Å². The Morgan fingerprint density at radius 1 is 1.06 bits per heavy atom. The Hall–Kier alpha value is -3.69. The highest BCUT2D eigenvalue weighted by molar-refractivity contribution is 7.89. The van der Waals surface area contributed by atoms with Gasteiger partial charge in [0.25, 0.3) is 0 Å². The molecule has 2 heterocycles. The van der Waals surface area contributed by atoms with Crippen LogP contribution in [0.25, 0.3) is 22.4 Å². The van der Waals surface area contributed by atoms with E-state index in [1.54, 1.807) is 18.2 Å². The van der Waals surface area contributed by atoms with E-state index in [1.807, 2.05) is 42.5 Å². The summed E-state index contributed by atoms with van der Waals surface area (Å²) in [6.07, 6.45) is 1.06. The monoisotopic (exact) mass is 476 g/mol. The Morgan fingerprint density at radius 3 is 2.56 bits per heavy atom. The average molecular weight is 477 g/mol. The number of carbonyl (C=O) groups excluding carboxylic acids is 1. The molecule has 34 heavy (non-hydrogen) atoms. The lowest BCUT2D eigenvalue weighted by Crippen LogP contribution is -2.43. The van der Waals surface area contributed by atoms with Crippen LogP contribution in [0.1, 0.15) is 12.8 Å². The number of imidazole rings is 1. The Bertz CT molecular complexity index is 1410. The molecule has 0 aliphatic carbocycles. The summed E-state index contributed by atoms with van der Waals surface area (Å²) in [5, 5.41) is 2.94. The summed E-state index contributed by atoms with van der Waals surface area (Å²) in [5.74, 6) is 0.834. The first-order valence-electron chi connectivity index (χ1n) is 11.0. The molecule has 0 saturated carbocycles. The van der Waals surface area contributed by atoms with Crippen LogP contribution in [-0.4, -0.2) is 48.3 Å². The first-order valence-corrected chi connectivity index (χ1v) is 12.4. The topological polar surface area (TPSA) is 104 Å². The maximum absolute atomic E-state index is 13.3. The van der Waals surface area contributed by atoms with Gasteiger partial charge in [-0.1, -0.05) is 24.3 Å². The van der Waals surface area contributed by atoms with E-state index in [2.05, 4.69) is 15.3 Å². The number of anilines is 1. The van der Waals surface area contributed by atoms with Gasteiger partial charge in [0.15, 0.2) is 0 Å². The molecule has 1 aromatic heterocycles. The molecule has 0 spiro atoms. The molecule has 1 atom stereocenters. The van der Waals surface area contributed by atoms with Gasteiger partial charge in [-0.15, -0.1) is 0 Å². The van der Waals surface area contributed by atoms with Gasteiger partial charge >= 0.3 is 0 Å². The van der Waals surface area contributed by atoms with Crippen molar-refractivity contribution in [2.45, 2.75) is 23.8 Å². The zero-order valence-electron chi connectivity index (χ0n) is 18.6. The minimum Gasteiger partial charge on any atom is -0.497 e. The zero-order chi connectivity index (χ0) is 23.7. The number of ether oxygens (including phenoxy) is 1. The number of nitrogens with zero attached hydrogens (tertiary/aromatic N) is 2. The largest absolute Gasteiger partial charge is 0.497 e. The van der Waals surface area contributed by atoms with Crippen LogP contribution in [0, 0.1) is 0 Å². The number of benzene rings is 3. The number of hydrogen-bond donors (Lipinski definition) is 2. The number of aromatic nitrogens is 2.